The molecule has 0 spiro atoms. The molecule has 0 radical (unpaired) electrons. The van der Waals surface area contributed by atoms with Crippen LogP contribution in [0.5, 0.6) is 0 Å². The summed E-state index contributed by atoms with van der Waals surface area (Å²) in [6, 6.07) is 0. The smallest absolute Gasteiger partial charge is 0.306 e. The van der Waals surface area contributed by atoms with E-state index in [9.17, 15) is 14.4 Å². The second-order valence-electron chi connectivity index (χ2n) is 19.6. The summed E-state index contributed by atoms with van der Waals surface area (Å²) in [5.74, 6) is 0.801. The summed E-state index contributed by atoms with van der Waals surface area (Å²) in [5, 5.41) is 0. The third-order valence-electron chi connectivity index (χ3n) is 12.8. The largest absolute Gasteiger partial charge is 0.462 e. The molecule has 0 aromatic rings. The molecule has 61 heavy (non-hydrogen) atoms. The van der Waals surface area contributed by atoms with Crippen molar-refractivity contribution in [1.82, 2.24) is 0 Å². The second kappa shape index (κ2) is 47.9. The summed E-state index contributed by atoms with van der Waals surface area (Å²) in [5.41, 5.74) is 0. The Kier molecular flexibility index (Phi) is 46.6. The highest BCUT2D eigenvalue weighted by atomic mass is 16.6. The summed E-state index contributed by atoms with van der Waals surface area (Å²) in [4.78, 5) is 38.0. The number of carbonyl (C=O) groups excluding carboxylic acids is 3. The number of esters is 3. The number of hydrogen-bond acceptors (Lipinski definition) is 6. The van der Waals surface area contributed by atoms with Crippen molar-refractivity contribution in [2.24, 2.45) is 11.8 Å². The molecular weight excluding hydrogens is 757 g/mol. The van der Waals surface area contributed by atoms with Crippen LogP contribution in [0.1, 0.15) is 304 Å². The zero-order valence-electron chi connectivity index (χ0n) is 41.8. The topological polar surface area (TPSA) is 78.9 Å². The molecule has 1 unspecified atom stereocenters. The van der Waals surface area contributed by atoms with Gasteiger partial charge in [-0.15, -0.1) is 0 Å². The first-order chi connectivity index (χ1) is 29.8. The molecule has 362 valence electrons. The van der Waals surface area contributed by atoms with Crippen LogP contribution < -0.4 is 0 Å². The molecule has 0 fully saturated rings. The molecular formula is C55H106O6. The van der Waals surface area contributed by atoms with Gasteiger partial charge in [-0.3, -0.25) is 14.4 Å². The van der Waals surface area contributed by atoms with Gasteiger partial charge >= 0.3 is 17.9 Å². The zero-order chi connectivity index (χ0) is 44.7. The third kappa shape index (κ3) is 47.7. The Morgan fingerprint density at radius 2 is 0.623 bits per heavy atom. The molecule has 0 aromatic carbocycles. The Hall–Kier alpha value is -1.59. The normalized spacial score (nSPS) is 12.5. The van der Waals surface area contributed by atoms with E-state index in [1.807, 2.05) is 0 Å². The minimum absolute atomic E-state index is 0.0642. The van der Waals surface area contributed by atoms with Crippen molar-refractivity contribution in [3.05, 3.63) is 0 Å². The molecule has 0 aliphatic rings. The lowest BCUT2D eigenvalue weighted by Gasteiger charge is -2.18. The van der Waals surface area contributed by atoms with E-state index in [0.29, 0.717) is 19.3 Å². The van der Waals surface area contributed by atoms with Gasteiger partial charge in [-0.05, 0) is 31.1 Å². The molecule has 0 bridgehead atoms. The molecule has 0 rings (SSSR count). The molecule has 0 amide bonds. The van der Waals surface area contributed by atoms with Gasteiger partial charge in [0.1, 0.15) is 13.2 Å². The van der Waals surface area contributed by atoms with Gasteiger partial charge in [-0.1, -0.05) is 266 Å². The quantitative estimate of drug-likeness (QED) is 0.0344. The van der Waals surface area contributed by atoms with Gasteiger partial charge < -0.3 is 14.2 Å². The summed E-state index contributed by atoms with van der Waals surface area (Å²) in [6.07, 6.45) is 49.5. The Bertz CT molecular complexity index is 933. The van der Waals surface area contributed by atoms with E-state index in [1.165, 1.54) is 193 Å². The number of carbonyl (C=O) groups is 3. The molecule has 0 aromatic heterocycles. The maximum Gasteiger partial charge on any atom is 0.306 e. The fourth-order valence-electron chi connectivity index (χ4n) is 8.31. The van der Waals surface area contributed by atoms with Gasteiger partial charge in [0.25, 0.3) is 0 Å². The van der Waals surface area contributed by atoms with Crippen LogP contribution in [0.25, 0.3) is 0 Å². The number of unbranched alkanes of at least 4 members (excludes halogenated alkanes) is 33. The van der Waals surface area contributed by atoms with Crippen LogP contribution in [-0.4, -0.2) is 37.2 Å². The Morgan fingerprint density at radius 3 is 0.934 bits per heavy atom. The van der Waals surface area contributed by atoms with Crippen LogP contribution in [0.15, 0.2) is 0 Å². The fourth-order valence-corrected chi connectivity index (χ4v) is 8.31. The molecule has 0 heterocycles. The molecule has 2 atom stereocenters. The van der Waals surface area contributed by atoms with Gasteiger partial charge in [-0.25, -0.2) is 0 Å². The molecule has 6 heteroatoms. The fraction of sp³-hybridized carbons (Fsp3) is 0.945. The van der Waals surface area contributed by atoms with E-state index in [2.05, 4.69) is 34.6 Å². The first kappa shape index (κ1) is 59.4. The van der Waals surface area contributed by atoms with E-state index in [0.717, 1.165) is 69.6 Å². The van der Waals surface area contributed by atoms with Crippen molar-refractivity contribution in [2.45, 2.75) is 310 Å². The van der Waals surface area contributed by atoms with Crippen LogP contribution in [0.2, 0.25) is 0 Å². The van der Waals surface area contributed by atoms with Gasteiger partial charge in [0.15, 0.2) is 6.10 Å². The van der Waals surface area contributed by atoms with Crippen molar-refractivity contribution < 1.29 is 28.6 Å². The Balaban J connectivity index is 4.25. The Morgan fingerprint density at radius 1 is 0.344 bits per heavy atom. The highest BCUT2D eigenvalue weighted by Gasteiger charge is 2.19. The average Bonchev–Trinajstić information content (AvgIpc) is 3.24. The van der Waals surface area contributed by atoms with E-state index < -0.39 is 6.10 Å². The first-order valence-corrected chi connectivity index (χ1v) is 27.3. The van der Waals surface area contributed by atoms with Crippen molar-refractivity contribution in [3.8, 4) is 0 Å². The predicted octanol–water partition coefficient (Wildman–Crippen LogP) is 17.7. The standard InChI is InChI=1S/C55H106O6/c1-6-8-9-10-11-12-13-14-15-16-17-20-23-26-29-35-40-45-53(56)59-48-52(61-55(58)47-42-37-32-31-34-39-44-51(5)7-2)49-60-54(57)46-41-36-30-27-24-21-18-19-22-25-28-33-38-43-50(3)4/h50-52H,6-49H2,1-5H3/t51?,52-/m0/s1. The van der Waals surface area contributed by atoms with Crippen LogP contribution in [-0.2, 0) is 28.6 Å². The first-order valence-electron chi connectivity index (χ1n) is 27.3. The van der Waals surface area contributed by atoms with Gasteiger partial charge in [0, 0.05) is 19.3 Å². The second-order valence-corrected chi connectivity index (χ2v) is 19.6. The summed E-state index contributed by atoms with van der Waals surface area (Å²) >= 11 is 0. The van der Waals surface area contributed by atoms with E-state index in [-0.39, 0.29) is 31.1 Å². The molecule has 0 saturated carbocycles. The number of hydrogen-bond donors (Lipinski definition) is 0. The highest BCUT2D eigenvalue weighted by molar-refractivity contribution is 5.71. The van der Waals surface area contributed by atoms with Gasteiger partial charge in [0.2, 0.25) is 0 Å². The van der Waals surface area contributed by atoms with Crippen molar-refractivity contribution >= 4 is 17.9 Å². The maximum absolute atomic E-state index is 12.8. The minimum Gasteiger partial charge on any atom is -0.462 e. The SMILES string of the molecule is CCCCCCCCCCCCCCCCCCCC(=O)OC[C@@H](COC(=O)CCCCCCCCCCCCCCCC(C)C)OC(=O)CCCCCCCCC(C)CC. The number of ether oxygens (including phenoxy) is 3. The van der Waals surface area contributed by atoms with Crippen LogP contribution in [0.3, 0.4) is 0 Å². The lowest BCUT2D eigenvalue weighted by atomic mass is 10.00. The van der Waals surface area contributed by atoms with Crippen molar-refractivity contribution in [1.29, 1.82) is 0 Å². The van der Waals surface area contributed by atoms with Crippen molar-refractivity contribution in [3.63, 3.8) is 0 Å². The third-order valence-corrected chi connectivity index (χ3v) is 12.8. The van der Waals surface area contributed by atoms with Crippen LogP contribution >= 0.6 is 0 Å². The molecule has 0 aliphatic heterocycles. The predicted molar refractivity (Wildman–Crippen MR) is 261 cm³/mol. The minimum atomic E-state index is -0.763. The van der Waals surface area contributed by atoms with Crippen molar-refractivity contribution in [2.75, 3.05) is 13.2 Å². The van der Waals surface area contributed by atoms with Crippen LogP contribution in [0, 0.1) is 11.8 Å². The van der Waals surface area contributed by atoms with Gasteiger partial charge in [0.05, 0.1) is 0 Å². The monoisotopic (exact) mass is 863 g/mol. The molecule has 0 N–H and O–H groups in total. The molecule has 0 saturated heterocycles. The summed E-state index contributed by atoms with van der Waals surface area (Å²) in [7, 11) is 0. The highest BCUT2D eigenvalue weighted by Crippen LogP contribution is 2.18. The average molecular weight is 863 g/mol. The Labute approximate surface area is 380 Å². The van der Waals surface area contributed by atoms with E-state index in [1.54, 1.807) is 0 Å². The lowest BCUT2D eigenvalue weighted by Crippen LogP contribution is -2.30. The lowest BCUT2D eigenvalue weighted by molar-refractivity contribution is -0.167. The van der Waals surface area contributed by atoms with Gasteiger partial charge in [-0.2, -0.15) is 0 Å². The zero-order valence-corrected chi connectivity index (χ0v) is 41.8. The summed E-state index contributed by atoms with van der Waals surface area (Å²) in [6.45, 7) is 11.4. The molecule has 6 nitrogen and oxygen atoms in total. The van der Waals surface area contributed by atoms with E-state index in [4.69, 9.17) is 14.2 Å². The van der Waals surface area contributed by atoms with E-state index >= 15 is 0 Å². The van der Waals surface area contributed by atoms with Crippen LogP contribution in [0.4, 0.5) is 0 Å². The summed E-state index contributed by atoms with van der Waals surface area (Å²) < 4.78 is 16.8. The maximum atomic E-state index is 12.8. The molecule has 0 aliphatic carbocycles. The number of rotatable bonds is 49.